The molecule has 3 rings (SSSR count). The van der Waals surface area contributed by atoms with Gasteiger partial charge >= 0.3 is 0 Å². The first-order valence-electron chi connectivity index (χ1n) is 24.8. The molecule has 1 saturated heterocycles. The zero-order valence-corrected chi connectivity index (χ0v) is 42.9. The summed E-state index contributed by atoms with van der Waals surface area (Å²) >= 11 is 0. The fraction of sp³-hybridized carbons (Fsp3) is 0.510. The van der Waals surface area contributed by atoms with Crippen LogP contribution in [-0.4, -0.2) is 144 Å². The standard InChI is InChI=1S/C49H74N16O11/c1-26(2)22-34(62-46(75)36(24-29-14-8-5-9-15-29)63-42(71)32-18-19-38(68)58-32)44(73)64-35(23-28-12-6-4-7-13-28)45(74)59-31(17-11-21-57-49(54)55)43(72)65-39(27(3)66)47(76)60-30(16-10-20-56-48(52)53)41(70)61-33(40(51)69)25-37(50)67/h4-9,12-15,26-27,30-36,39,66H,10-11,16-25H2,1-3H3,(H2,50,67)(H2,51,69)(H,58,68)(H,59,74)(H,60,76)(H,61,70)(H,62,75)(H,63,71)(H,64,73)(H,65,72)(H4,52,53,56)(H4,54,55,57)/t27-,30+,31+,32+,33+,34+,35+,36+,39+/m1/s1. The molecule has 0 aromatic heterocycles. The number of aliphatic hydroxyl groups excluding tert-OH is 1. The Morgan fingerprint density at radius 3 is 1.43 bits per heavy atom. The molecule has 1 fully saturated rings. The van der Waals surface area contributed by atoms with Crippen molar-refractivity contribution < 1.29 is 53.1 Å². The minimum Gasteiger partial charge on any atom is -0.391 e. The Labute approximate surface area is 440 Å². The van der Waals surface area contributed by atoms with Gasteiger partial charge in [0.15, 0.2) is 11.9 Å². The number of carbonyl (C=O) groups excluding carboxylic acids is 10. The summed E-state index contributed by atoms with van der Waals surface area (Å²) in [6.45, 7) is 4.79. The average molecular weight is 1060 g/mol. The second kappa shape index (κ2) is 31.4. The van der Waals surface area contributed by atoms with Crippen LogP contribution in [-0.2, 0) is 60.8 Å². The van der Waals surface area contributed by atoms with E-state index in [1.165, 1.54) is 6.92 Å². The summed E-state index contributed by atoms with van der Waals surface area (Å²) < 4.78 is 0. The number of aliphatic hydroxyl groups is 1. The molecule has 416 valence electrons. The highest BCUT2D eigenvalue weighted by Gasteiger charge is 2.37. The van der Waals surface area contributed by atoms with E-state index in [-0.39, 0.29) is 94.6 Å². The number of primary amides is 2. The van der Waals surface area contributed by atoms with Crippen LogP contribution >= 0.6 is 0 Å². The molecule has 0 saturated carbocycles. The lowest BCUT2D eigenvalue weighted by atomic mass is 9.99. The lowest BCUT2D eigenvalue weighted by molar-refractivity contribution is -0.137. The first-order valence-corrected chi connectivity index (χ1v) is 24.8. The zero-order valence-electron chi connectivity index (χ0n) is 42.9. The van der Waals surface area contributed by atoms with Gasteiger partial charge in [-0.15, -0.1) is 0 Å². The molecule has 1 aliphatic rings. The largest absolute Gasteiger partial charge is 0.391 e. The maximum absolute atomic E-state index is 14.5. The molecule has 1 aliphatic heterocycles. The van der Waals surface area contributed by atoms with Crippen LogP contribution < -0.4 is 76.9 Å². The van der Waals surface area contributed by atoms with Crippen molar-refractivity contribution in [1.82, 2.24) is 42.5 Å². The van der Waals surface area contributed by atoms with E-state index >= 15 is 0 Å². The van der Waals surface area contributed by atoms with Crippen LogP contribution in [0.25, 0.3) is 0 Å². The molecule has 0 aliphatic carbocycles. The fourth-order valence-electron chi connectivity index (χ4n) is 7.88. The number of carbonyl (C=O) groups is 10. The fourth-order valence-corrected chi connectivity index (χ4v) is 7.88. The molecule has 76 heavy (non-hydrogen) atoms. The summed E-state index contributed by atoms with van der Waals surface area (Å²) in [5.74, 6) is -9.09. The maximum Gasteiger partial charge on any atom is 0.245 e. The number of hydrogen-bond acceptors (Lipinski definition) is 13. The Kier molecular flexibility index (Phi) is 25.6. The van der Waals surface area contributed by atoms with E-state index in [2.05, 4.69) is 52.5 Å². The van der Waals surface area contributed by atoms with E-state index in [9.17, 15) is 53.1 Å². The number of hydrogen-bond donors (Lipinski definition) is 15. The second-order valence-corrected chi connectivity index (χ2v) is 18.7. The SMILES string of the molecule is CC(C)C[C@H](NC(=O)[C@H](Cc1ccccc1)NC(=O)[C@@H]1CCC(=O)N1)C(=O)N[C@@H](Cc1ccccc1)C(=O)N[C@@H](CCCN=C(N)N)C(=O)N[C@H](C(=O)N[C@@H](CCCN=C(N)N)C(=O)N[C@@H](CC(N)=O)C(N)=O)[C@@H](C)O. The quantitative estimate of drug-likeness (QED) is 0.0185. The summed E-state index contributed by atoms with van der Waals surface area (Å²) in [6, 6.07) is 6.37. The topological polar surface area (TPSA) is 468 Å². The number of nitrogens with zero attached hydrogens (tertiary/aromatic N) is 2. The van der Waals surface area contributed by atoms with Gasteiger partial charge in [-0.05, 0) is 62.5 Å². The maximum atomic E-state index is 14.5. The Morgan fingerprint density at radius 2 is 1.00 bits per heavy atom. The summed E-state index contributed by atoms with van der Waals surface area (Å²) in [6.07, 6.45) is -2.09. The first-order chi connectivity index (χ1) is 35.9. The highest BCUT2D eigenvalue weighted by Crippen LogP contribution is 2.13. The van der Waals surface area contributed by atoms with E-state index in [0.29, 0.717) is 11.1 Å². The molecule has 10 amide bonds. The summed E-state index contributed by atoms with van der Waals surface area (Å²) in [5, 5.41) is 31.5. The van der Waals surface area contributed by atoms with Crippen LogP contribution in [0.3, 0.4) is 0 Å². The van der Waals surface area contributed by atoms with Gasteiger partial charge in [0.2, 0.25) is 59.1 Å². The third-order valence-electron chi connectivity index (χ3n) is 11.8. The van der Waals surface area contributed by atoms with E-state index in [1.54, 1.807) is 60.7 Å². The Morgan fingerprint density at radius 1 is 0.579 bits per heavy atom. The van der Waals surface area contributed by atoms with Gasteiger partial charge in [-0.1, -0.05) is 74.5 Å². The molecule has 27 nitrogen and oxygen atoms in total. The Bertz CT molecular complexity index is 2380. The second-order valence-electron chi connectivity index (χ2n) is 18.7. The normalized spacial score (nSPS) is 16.0. The number of amides is 10. The molecular formula is C49H74N16O11. The van der Waals surface area contributed by atoms with Crippen LogP contribution in [0, 0.1) is 5.92 Å². The summed E-state index contributed by atoms with van der Waals surface area (Å²) in [5.41, 5.74) is 33.7. The van der Waals surface area contributed by atoms with Crippen molar-refractivity contribution in [3.63, 3.8) is 0 Å². The number of rotatable bonds is 32. The first kappa shape index (κ1) is 61.9. The van der Waals surface area contributed by atoms with Gasteiger partial charge in [-0.25, -0.2) is 0 Å². The molecule has 1 heterocycles. The lowest BCUT2D eigenvalue weighted by Gasteiger charge is -2.29. The number of nitrogens with two attached hydrogens (primary N) is 6. The summed E-state index contributed by atoms with van der Waals surface area (Å²) in [4.78, 5) is 141. The van der Waals surface area contributed by atoms with Gasteiger partial charge in [0, 0.05) is 32.4 Å². The molecule has 2 aromatic rings. The van der Waals surface area contributed by atoms with Crippen molar-refractivity contribution in [2.75, 3.05) is 13.1 Å². The van der Waals surface area contributed by atoms with Gasteiger partial charge in [-0.3, -0.25) is 57.9 Å². The smallest absolute Gasteiger partial charge is 0.245 e. The predicted octanol–water partition coefficient (Wildman–Crippen LogP) is -4.96. The highest BCUT2D eigenvalue weighted by atomic mass is 16.3. The van der Waals surface area contributed by atoms with E-state index < -0.39 is 114 Å². The molecular weight excluding hydrogens is 989 g/mol. The van der Waals surface area contributed by atoms with Gasteiger partial charge in [0.1, 0.15) is 48.3 Å². The average Bonchev–Trinajstić information content (AvgIpc) is 3.80. The molecule has 9 atom stereocenters. The molecule has 2 aromatic carbocycles. The lowest BCUT2D eigenvalue weighted by Crippen LogP contribution is -2.62. The van der Waals surface area contributed by atoms with Crippen molar-refractivity contribution in [3.8, 4) is 0 Å². The van der Waals surface area contributed by atoms with Crippen LogP contribution in [0.2, 0.25) is 0 Å². The molecule has 27 heteroatoms. The molecule has 0 spiro atoms. The van der Waals surface area contributed by atoms with Gasteiger partial charge in [-0.2, -0.15) is 0 Å². The third kappa shape index (κ3) is 22.4. The van der Waals surface area contributed by atoms with Crippen molar-refractivity contribution in [2.45, 2.75) is 139 Å². The molecule has 0 unspecified atom stereocenters. The van der Waals surface area contributed by atoms with Crippen molar-refractivity contribution in [2.24, 2.45) is 50.3 Å². The van der Waals surface area contributed by atoms with Crippen LogP contribution in [0.1, 0.15) is 83.3 Å². The van der Waals surface area contributed by atoms with Gasteiger partial charge in [0.05, 0.1) is 12.5 Å². The van der Waals surface area contributed by atoms with Crippen LogP contribution in [0.15, 0.2) is 70.6 Å². The third-order valence-corrected chi connectivity index (χ3v) is 11.8. The molecule has 0 radical (unpaired) electrons. The monoisotopic (exact) mass is 1060 g/mol. The Balaban J connectivity index is 1.95. The van der Waals surface area contributed by atoms with E-state index in [4.69, 9.17) is 34.4 Å². The predicted molar refractivity (Wildman–Crippen MR) is 279 cm³/mol. The van der Waals surface area contributed by atoms with E-state index in [0.717, 1.165) is 0 Å². The molecule has 21 N–H and O–H groups in total. The van der Waals surface area contributed by atoms with Gasteiger partial charge < -0.3 is 82.0 Å². The summed E-state index contributed by atoms with van der Waals surface area (Å²) in [7, 11) is 0. The molecule has 0 bridgehead atoms. The van der Waals surface area contributed by atoms with Crippen LogP contribution in [0.4, 0.5) is 0 Å². The highest BCUT2D eigenvalue weighted by molar-refractivity contribution is 5.99. The van der Waals surface area contributed by atoms with Crippen LogP contribution in [0.5, 0.6) is 0 Å². The van der Waals surface area contributed by atoms with Crippen molar-refractivity contribution in [1.29, 1.82) is 0 Å². The minimum absolute atomic E-state index is 0.00278. The number of benzene rings is 2. The zero-order chi connectivity index (χ0) is 56.5. The van der Waals surface area contributed by atoms with E-state index in [1.807, 2.05) is 13.8 Å². The minimum atomic E-state index is -1.79. The Hall–Kier alpha value is -8.36. The number of aliphatic imine (C=N–C) groups is 2. The number of guanidine groups is 2. The van der Waals surface area contributed by atoms with Crippen molar-refractivity contribution >= 4 is 71.0 Å². The van der Waals surface area contributed by atoms with Gasteiger partial charge in [0.25, 0.3) is 0 Å². The number of nitrogens with one attached hydrogen (secondary N) is 8. The van der Waals surface area contributed by atoms with Crippen molar-refractivity contribution in [3.05, 3.63) is 71.8 Å².